The molecule has 0 aliphatic heterocycles. The first-order valence-electron chi connectivity index (χ1n) is 8.17. The average molecular weight is 327 g/mol. The van der Waals surface area contributed by atoms with E-state index in [1.54, 1.807) is 0 Å². The summed E-state index contributed by atoms with van der Waals surface area (Å²) in [6.07, 6.45) is 0. The van der Waals surface area contributed by atoms with Gasteiger partial charge in [-0.2, -0.15) is 0 Å². The number of para-hydroxylation sites is 2. The van der Waals surface area contributed by atoms with Crippen LogP contribution in [0.1, 0.15) is 5.69 Å². The molecule has 3 nitrogen and oxygen atoms in total. The summed E-state index contributed by atoms with van der Waals surface area (Å²) in [7, 11) is 0. The molecule has 122 valence electrons. The van der Waals surface area contributed by atoms with E-state index >= 15 is 0 Å². The van der Waals surface area contributed by atoms with Gasteiger partial charge in [0.1, 0.15) is 11.5 Å². The number of fused-ring (bicyclic) bond motifs is 1. The second-order valence-corrected chi connectivity index (χ2v) is 5.94. The number of aromatic nitrogens is 1. The molecule has 3 aromatic carbocycles. The third kappa shape index (κ3) is 2.92. The molecular weight excluding hydrogens is 310 g/mol. The van der Waals surface area contributed by atoms with Crippen molar-refractivity contribution in [2.24, 2.45) is 0 Å². The molecule has 0 unspecified atom stereocenters. The Bertz CT molecular complexity index is 1080. The maximum atomic E-state index is 12.9. The predicted octanol–water partition coefficient (Wildman–Crippen LogP) is 5.30. The smallest absolute Gasteiger partial charge is 0.197 e. The van der Waals surface area contributed by atoms with Crippen LogP contribution in [-0.4, -0.2) is 4.98 Å². The lowest BCUT2D eigenvalue weighted by Crippen LogP contribution is -2.09. The number of rotatable bonds is 3. The van der Waals surface area contributed by atoms with Gasteiger partial charge in [-0.1, -0.05) is 42.5 Å². The number of hydrogen-bond acceptors (Lipinski definition) is 2. The Morgan fingerprint density at radius 3 is 2.16 bits per heavy atom. The van der Waals surface area contributed by atoms with Crippen molar-refractivity contribution in [1.82, 2.24) is 4.98 Å². The summed E-state index contributed by atoms with van der Waals surface area (Å²) in [5.74, 6) is 1.53. The van der Waals surface area contributed by atoms with Gasteiger partial charge in [0.15, 0.2) is 5.43 Å². The number of ether oxygens (including phenoxy) is 1. The molecule has 0 atom stereocenters. The van der Waals surface area contributed by atoms with Crippen molar-refractivity contribution < 1.29 is 4.74 Å². The Labute approximate surface area is 145 Å². The van der Waals surface area contributed by atoms with Crippen LogP contribution >= 0.6 is 0 Å². The van der Waals surface area contributed by atoms with Gasteiger partial charge in [-0.05, 0) is 48.9 Å². The monoisotopic (exact) mass is 327 g/mol. The van der Waals surface area contributed by atoms with Gasteiger partial charge in [-0.15, -0.1) is 0 Å². The minimum Gasteiger partial charge on any atom is -0.457 e. The molecule has 0 saturated carbocycles. The van der Waals surface area contributed by atoms with E-state index in [9.17, 15) is 4.79 Å². The standard InChI is InChI=1S/C22H17NO2/c1-15-21(22(24)19-9-5-6-10-20(19)23-15)16-11-13-18(14-12-16)25-17-7-3-2-4-8-17/h2-14H,1H3,(H,23,24). The Morgan fingerprint density at radius 1 is 0.760 bits per heavy atom. The molecule has 0 amide bonds. The third-order valence-electron chi connectivity index (χ3n) is 4.22. The van der Waals surface area contributed by atoms with Crippen LogP contribution in [0.5, 0.6) is 11.5 Å². The average Bonchev–Trinajstić information content (AvgIpc) is 2.64. The van der Waals surface area contributed by atoms with E-state index in [1.807, 2.05) is 85.8 Å². The molecule has 0 bridgehead atoms. The molecule has 0 fully saturated rings. The molecule has 1 heterocycles. The predicted molar refractivity (Wildman–Crippen MR) is 101 cm³/mol. The van der Waals surface area contributed by atoms with Gasteiger partial charge in [0.2, 0.25) is 0 Å². The first-order chi connectivity index (χ1) is 12.2. The number of pyridine rings is 1. The fourth-order valence-electron chi connectivity index (χ4n) is 3.02. The summed E-state index contributed by atoms with van der Waals surface area (Å²) in [5.41, 5.74) is 3.34. The van der Waals surface area contributed by atoms with Gasteiger partial charge in [-0.3, -0.25) is 4.79 Å². The number of nitrogens with one attached hydrogen (secondary N) is 1. The fourth-order valence-corrected chi connectivity index (χ4v) is 3.02. The first kappa shape index (κ1) is 15.2. The maximum Gasteiger partial charge on any atom is 0.197 e. The third-order valence-corrected chi connectivity index (χ3v) is 4.22. The minimum absolute atomic E-state index is 0.0450. The Balaban J connectivity index is 1.73. The van der Waals surface area contributed by atoms with Crippen LogP contribution in [0.25, 0.3) is 22.0 Å². The maximum absolute atomic E-state index is 12.9. The van der Waals surface area contributed by atoms with Crippen LogP contribution in [-0.2, 0) is 0 Å². The lowest BCUT2D eigenvalue weighted by Gasteiger charge is -2.10. The van der Waals surface area contributed by atoms with E-state index in [0.29, 0.717) is 10.9 Å². The zero-order valence-corrected chi connectivity index (χ0v) is 13.8. The molecule has 4 aromatic rings. The van der Waals surface area contributed by atoms with Crippen LogP contribution in [0, 0.1) is 6.92 Å². The van der Waals surface area contributed by atoms with Crippen molar-refractivity contribution in [2.45, 2.75) is 6.92 Å². The summed E-state index contributed by atoms with van der Waals surface area (Å²) in [6, 6.07) is 24.8. The summed E-state index contributed by atoms with van der Waals surface area (Å²) < 4.78 is 5.81. The van der Waals surface area contributed by atoms with Crippen molar-refractivity contribution >= 4 is 10.9 Å². The van der Waals surface area contributed by atoms with Gasteiger partial charge in [0.05, 0.1) is 0 Å². The molecule has 0 spiro atoms. The van der Waals surface area contributed by atoms with E-state index in [-0.39, 0.29) is 5.43 Å². The molecule has 25 heavy (non-hydrogen) atoms. The highest BCUT2D eigenvalue weighted by Gasteiger charge is 2.11. The largest absolute Gasteiger partial charge is 0.457 e. The molecule has 0 aliphatic rings. The minimum atomic E-state index is 0.0450. The molecule has 3 heteroatoms. The highest BCUT2D eigenvalue weighted by atomic mass is 16.5. The second-order valence-electron chi connectivity index (χ2n) is 5.94. The van der Waals surface area contributed by atoms with Crippen LogP contribution < -0.4 is 10.2 Å². The summed E-state index contributed by atoms with van der Waals surface area (Å²) in [6.45, 7) is 1.93. The quantitative estimate of drug-likeness (QED) is 0.555. The molecule has 0 saturated heterocycles. The molecule has 1 aromatic heterocycles. The number of aromatic amines is 1. The molecular formula is C22H17NO2. The SMILES string of the molecule is Cc1[nH]c2ccccc2c(=O)c1-c1ccc(Oc2ccccc2)cc1. The fraction of sp³-hybridized carbons (Fsp3) is 0.0455. The number of aryl methyl sites for hydroxylation is 1. The van der Waals surface area contributed by atoms with Crippen molar-refractivity contribution in [3.05, 3.63) is 94.8 Å². The first-order valence-corrected chi connectivity index (χ1v) is 8.17. The Morgan fingerprint density at radius 2 is 1.40 bits per heavy atom. The lowest BCUT2D eigenvalue weighted by atomic mass is 10.0. The van der Waals surface area contributed by atoms with E-state index < -0.39 is 0 Å². The lowest BCUT2D eigenvalue weighted by molar-refractivity contribution is 0.483. The van der Waals surface area contributed by atoms with Crippen molar-refractivity contribution in [3.63, 3.8) is 0 Å². The number of hydrogen-bond donors (Lipinski definition) is 1. The van der Waals surface area contributed by atoms with Crippen LogP contribution in [0.15, 0.2) is 83.7 Å². The summed E-state index contributed by atoms with van der Waals surface area (Å²) in [4.78, 5) is 16.2. The zero-order valence-electron chi connectivity index (χ0n) is 13.8. The van der Waals surface area contributed by atoms with Gasteiger partial charge < -0.3 is 9.72 Å². The van der Waals surface area contributed by atoms with Crippen molar-refractivity contribution in [2.75, 3.05) is 0 Å². The van der Waals surface area contributed by atoms with Crippen molar-refractivity contribution in [1.29, 1.82) is 0 Å². The molecule has 0 radical (unpaired) electrons. The van der Waals surface area contributed by atoms with Gasteiger partial charge in [0, 0.05) is 22.2 Å². The van der Waals surface area contributed by atoms with Crippen LogP contribution in [0.3, 0.4) is 0 Å². The molecule has 1 N–H and O–H groups in total. The van der Waals surface area contributed by atoms with Crippen molar-refractivity contribution in [3.8, 4) is 22.6 Å². The Hall–Kier alpha value is -3.33. The number of benzene rings is 3. The second kappa shape index (κ2) is 6.29. The topological polar surface area (TPSA) is 42.1 Å². The number of H-pyrrole nitrogens is 1. The van der Waals surface area contributed by atoms with E-state index in [1.165, 1.54) is 0 Å². The van der Waals surface area contributed by atoms with E-state index in [0.717, 1.165) is 28.3 Å². The van der Waals surface area contributed by atoms with Crippen LogP contribution in [0.4, 0.5) is 0 Å². The normalized spacial score (nSPS) is 10.8. The van der Waals surface area contributed by atoms with Gasteiger partial charge in [-0.25, -0.2) is 0 Å². The molecule has 4 rings (SSSR count). The van der Waals surface area contributed by atoms with Crippen LogP contribution in [0.2, 0.25) is 0 Å². The van der Waals surface area contributed by atoms with Gasteiger partial charge >= 0.3 is 0 Å². The van der Waals surface area contributed by atoms with Gasteiger partial charge in [0.25, 0.3) is 0 Å². The highest BCUT2D eigenvalue weighted by Crippen LogP contribution is 2.26. The zero-order chi connectivity index (χ0) is 17.2. The molecule has 0 aliphatic carbocycles. The Kier molecular flexibility index (Phi) is 3.82. The summed E-state index contributed by atoms with van der Waals surface area (Å²) in [5, 5.41) is 0.702. The highest BCUT2D eigenvalue weighted by molar-refractivity contribution is 5.84. The summed E-state index contributed by atoms with van der Waals surface area (Å²) >= 11 is 0. The van der Waals surface area contributed by atoms with E-state index in [4.69, 9.17) is 4.74 Å². The van der Waals surface area contributed by atoms with E-state index in [2.05, 4.69) is 4.98 Å².